The minimum Gasteiger partial charge on any atom is -0.463 e. The van der Waals surface area contributed by atoms with Crippen LogP contribution in [0.3, 0.4) is 0 Å². The highest BCUT2D eigenvalue weighted by Crippen LogP contribution is 2.43. The van der Waals surface area contributed by atoms with Crippen LogP contribution in [0.2, 0.25) is 0 Å². The minimum absolute atomic E-state index is 0.198. The van der Waals surface area contributed by atoms with Crippen LogP contribution < -0.4 is 5.32 Å². The number of nitrogens with one attached hydrogen (secondary N) is 1. The van der Waals surface area contributed by atoms with E-state index in [-0.39, 0.29) is 12.2 Å². The van der Waals surface area contributed by atoms with E-state index < -0.39 is 39.1 Å². The van der Waals surface area contributed by atoms with Gasteiger partial charge in [-0.25, -0.2) is 9.79 Å². The summed E-state index contributed by atoms with van der Waals surface area (Å²) in [5.74, 6) is -0.309. The number of hydrogen-bond donors (Lipinski definition) is 1. The Morgan fingerprint density at radius 2 is 1.69 bits per heavy atom. The molecule has 1 amide bonds. The molecule has 1 atom stereocenters. The quantitative estimate of drug-likeness (QED) is 0.202. The molecule has 0 saturated carbocycles. The second-order valence-electron chi connectivity index (χ2n) is 9.37. The lowest BCUT2D eigenvalue weighted by Gasteiger charge is -2.41. The van der Waals surface area contributed by atoms with E-state index >= 15 is 0 Å². The van der Waals surface area contributed by atoms with E-state index in [9.17, 15) is 29.8 Å². The summed E-state index contributed by atoms with van der Waals surface area (Å²) < 4.78 is 5.49. The standard InChI is InChI=1S/C29H25N5O7S/c1-2-41-28(36)24-25(18-7-4-3-5-8-18)31-29-32(13-6-14-42-29)26(24)19-9-11-21(12-10-19)30-27(35)20-15-22(33(37)38)17-23(16-20)34(39)40/h3-5,7-12,15-17,26H,2,6,13-14H2,1H3,(H,30,35). The monoisotopic (exact) mass is 587 g/mol. The fourth-order valence-electron chi connectivity index (χ4n) is 4.82. The van der Waals surface area contributed by atoms with Gasteiger partial charge in [0, 0.05) is 35.7 Å². The molecular formula is C29H25N5O7S. The van der Waals surface area contributed by atoms with Crippen molar-refractivity contribution < 1.29 is 24.2 Å². The second kappa shape index (κ2) is 12.2. The van der Waals surface area contributed by atoms with Gasteiger partial charge in [-0.15, -0.1) is 0 Å². The Balaban J connectivity index is 1.50. The van der Waals surface area contributed by atoms with Crippen LogP contribution >= 0.6 is 11.8 Å². The van der Waals surface area contributed by atoms with Gasteiger partial charge >= 0.3 is 5.97 Å². The SMILES string of the molecule is CCOC(=O)C1=C(c2ccccc2)N=C2SCCCN2C1c1ccc(NC(=O)c2cc([N+](=O)[O-])cc([N+](=O)[O-])c2)cc1. The molecule has 0 aliphatic carbocycles. The first kappa shape index (κ1) is 28.5. The van der Waals surface area contributed by atoms with Gasteiger partial charge in [0.25, 0.3) is 17.3 Å². The number of rotatable bonds is 8. The lowest BCUT2D eigenvalue weighted by molar-refractivity contribution is -0.394. The van der Waals surface area contributed by atoms with E-state index in [0.717, 1.165) is 46.7 Å². The van der Waals surface area contributed by atoms with Crippen molar-refractivity contribution in [2.24, 2.45) is 4.99 Å². The zero-order chi connectivity index (χ0) is 29.8. The zero-order valence-corrected chi connectivity index (χ0v) is 23.2. The summed E-state index contributed by atoms with van der Waals surface area (Å²) in [6.07, 6.45) is 0.903. The highest BCUT2D eigenvalue weighted by Gasteiger charge is 2.39. The summed E-state index contributed by atoms with van der Waals surface area (Å²) >= 11 is 1.62. The molecule has 12 nitrogen and oxygen atoms in total. The molecule has 1 N–H and O–H groups in total. The average Bonchev–Trinajstić information content (AvgIpc) is 3.00. The third kappa shape index (κ3) is 5.86. The number of non-ortho nitro benzene ring substituents is 2. The third-order valence-corrected chi connectivity index (χ3v) is 7.76. The number of carbonyl (C=O) groups is 2. The molecule has 13 heteroatoms. The summed E-state index contributed by atoms with van der Waals surface area (Å²) in [5.41, 5.74) is 1.53. The van der Waals surface area contributed by atoms with Gasteiger partial charge in [0.2, 0.25) is 0 Å². The van der Waals surface area contributed by atoms with Crippen LogP contribution in [0.25, 0.3) is 5.70 Å². The number of amides is 1. The largest absolute Gasteiger partial charge is 0.463 e. The number of amidine groups is 1. The maximum absolute atomic E-state index is 13.4. The average molecular weight is 588 g/mol. The number of thioether (sulfide) groups is 1. The molecule has 2 aliphatic heterocycles. The fourth-order valence-corrected chi connectivity index (χ4v) is 5.80. The normalized spacial score (nSPS) is 16.3. The molecule has 1 unspecified atom stereocenters. The number of anilines is 1. The van der Waals surface area contributed by atoms with Gasteiger partial charge in [0.15, 0.2) is 5.17 Å². The highest BCUT2D eigenvalue weighted by molar-refractivity contribution is 8.13. The van der Waals surface area contributed by atoms with E-state index in [2.05, 4.69) is 10.2 Å². The number of hydrogen-bond acceptors (Lipinski definition) is 10. The first-order valence-electron chi connectivity index (χ1n) is 13.1. The number of ether oxygens (including phenoxy) is 1. The number of nitrogens with zero attached hydrogens (tertiary/aromatic N) is 4. The molecule has 3 aromatic carbocycles. The number of nitro groups is 2. The number of fused-ring (bicyclic) bond motifs is 1. The Labute approximate surface area is 244 Å². The van der Waals surface area contributed by atoms with Gasteiger partial charge in [0.05, 0.1) is 45.4 Å². The fraction of sp³-hybridized carbons (Fsp3) is 0.207. The smallest absolute Gasteiger partial charge is 0.338 e. The van der Waals surface area contributed by atoms with Gasteiger partial charge in [0.1, 0.15) is 0 Å². The van der Waals surface area contributed by atoms with Crippen LogP contribution in [0.4, 0.5) is 17.1 Å². The Bertz CT molecular complexity index is 1590. The molecule has 2 heterocycles. The number of aliphatic imine (C=N–C) groups is 1. The first-order chi connectivity index (χ1) is 20.3. The van der Waals surface area contributed by atoms with Crippen molar-refractivity contribution in [1.29, 1.82) is 0 Å². The molecule has 5 rings (SSSR count). The van der Waals surface area contributed by atoms with E-state index in [4.69, 9.17) is 9.73 Å². The second-order valence-corrected chi connectivity index (χ2v) is 10.4. The third-order valence-electron chi connectivity index (χ3n) is 6.68. The van der Waals surface area contributed by atoms with E-state index in [0.29, 0.717) is 23.5 Å². The Morgan fingerprint density at radius 3 is 2.31 bits per heavy atom. The number of carbonyl (C=O) groups excluding carboxylic acids is 2. The zero-order valence-electron chi connectivity index (χ0n) is 22.4. The summed E-state index contributed by atoms with van der Waals surface area (Å²) in [4.78, 5) is 54.2. The first-order valence-corrected chi connectivity index (χ1v) is 14.1. The summed E-state index contributed by atoms with van der Waals surface area (Å²) in [5, 5.41) is 25.9. The van der Waals surface area contributed by atoms with Crippen LogP contribution in [-0.2, 0) is 9.53 Å². The molecule has 2 aliphatic rings. The van der Waals surface area contributed by atoms with Crippen LogP contribution in [0, 0.1) is 20.2 Å². The highest BCUT2D eigenvalue weighted by atomic mass is 32.2. The van der Waals surface area contributed by atoms with Crippen LogP contribution in [-0.4, -0.2) is 50.7 Å². The molecule has 0 bridgehead atoms. The molecule has 42 heavy (non-hydrogen) atoms. The predicted molar refractivity (Wildman–Crippen MR) is 158 cm³/mol. The maximum atomic E-state index is 13.4. The number of nitro benzene ring substituents is 2. The molecule has 1 saturated heterocycles. The van der Waals surface area contributed by atoms with Crippen LogP contribution in [0.5, 0.6) is 0 Å². The molecular weight excluding hydrogens is 562 g/mol. The molecule has 1 fully saturated rings. The van der Waals surface area contributed by atoms with Crippen molar-refractivity contribution in [3.05, 3.63) is 115 Å². The summed E-state index contributed by atoms with van der Waals surface area (Å²) in [6, 6.07) is 18.6. The Morgan fingerprint density at radius 1 is 1.02 bits per heavy atom. The van der Waals surface area contributed by atoms with Gasteiger partial charge < -0.3 is 15.0 Å². The molecule has 214 valence electrons. The Hall–Kier alpha value is -5.04. The van der Waals surface area contributed by atoms with Crippen molar-refractivity contribution in [1.82, 2.24) is 4.90 Å². The molecule has 0 radical (unpaired) electrons. The lowest BCUT2D eigenvalue weighted by atomic mass is 9.91. The predicted octanol–water partition coefficient (Wildman–Crippen LogP) is 5.58. The van der Waals surface area contributed by atoms with Crippen molar-refractivity contribution in [2.45, 2.75) is 19.4 Å². The number of benzene rings is 3. The van der Waals surface area contributed by atoms with Crippen molar-refractivity contribution >= 4 is 51.6 Å². The number of esters is 1. The summed E-state index contributed by atoms with van der Waals surface area (Å²) in [6.45, 7) is 2.63. The van der Waals surface area contributed by atoms with E-state index in [1.54, 1.807) is 43.0 Å². The van der Waals surface area contributed by atoms with E-state index in [1.165, 1.54) is 0 Å². The van der Waals surface area contributed by atoms with Gasteiger partial charge in [-0.3, -0.25) is 25.0 Å². The van der Waals surface area contributed by atoms with Crippen LogP contribution in [0.15, 0.2) is 83.4 Å². The molecule has 3 aromatic rings. The van der Waals surface area contributed by atoms with Crippen molar-refractivity contribution in [2.75, 3.05) is 24.2 Å². The van der Waals surface area contributed by atoms with Crippen molar-refractivity contribution in [3.63, 3.8) is 0 Å². The topological polar surface area (TPSA) is 157 Å². The lowest BCUT2D eigenvalue weighted by Crippen LogP contribution is -2.42. The Kier molecular flexibility index (Phi) is 8.29. The van der Waals surface area contributed by atoms with Crippen molar-refractivity contribution in [3.8, 4) is 0 Å². The van der Waals surface area contributed by atoms with Gasteiger partial charge in [-0.1, -0.05) is 54.2 Å². The maximum Gasteiger partial charge on any atom is 0.338 e. The van der Waals surface area contributed by atoms with Gasteiger partial charge in [-0.2, -0.15) is 0 Å². The van der Waals surface area contributed by atoms with E-state index in [1.807, 2.05) is 30.3 Å². The summed E-state index contributed by atoms with van der Waals surface area (Å²) in [7, 11) is 0. The van der Waals surface area contributed by atoms with Gasteiger partial charge in [-0.05, 0) is 31.0 Å². The minimum atomic E-state index is -0.794. The van der Waals surface area contributed by atoms with Crippen LogP contribution in [0.1, 0.15) is 40.9 Å². The molecule has 0 aromatic heterocycles. The molecule has 0 spiro atoms.